The lowest BCUT2D eigenvalue weighted by atomic mass is 10.1. The third-order valence-corrected chi connectivity index (χ3v) is 7.09. The van der Waals surface area contributed by atoms with Crippen LogP contribution in [0.5, 0.6) is 0 Å². The molecule has 0 aliphatic rings. The van der Waals surface area contributed by atoms with Gasteiger partial charge in [0.2, 0.25) is 6.86 Å². The van der Waals surface area contributed by atoms with Crippen LogP contribution in [0.1, 0.15) is 11.1 Å². The monoisotopic (exact) mass is 414 g/mol. The SMILES string of the molecule is O=C(O)CSSc1cc(CO)c(CO)cc1SSCC(=O)OCF. The van der Waals surface area contributed by atoms with E-state index < -0.39 is 18.8 Å². The fraction of sp³-hybridized carbons (Fsp3) is 0.385. The molecule has 3 N–H and O–H groups in total. The van der Waals surface area contributed by atoms with Gasteiger partial charge in [0, 0.05) is 9.79 Å². The second-order valence-electron chi connectivity index (χ2n) is 4.09. The number of aliphatic hydroxyl groups excluding tert-OH is 2. The van der Waals surface area contributed by atoms with Gasteiger partial charge in [0.25, 0.3) is 0 Å². The summed E-state index contributed by atoms with van der Waals surface area (Å²) in [6, 6.07) is 3.35. The highest BCUT2D eigenvalue weighted by molar-refractivity contribution is 8.78. The normalized spacial score (nSPS) is 10.6. The average molecular weight is 415 g/mol. The largest absolute Gasteiger partial charge is 0.481 e. The fourth-order valence-electron chi connectivity index (χ4n) is 1.46. The first-order valence-corrected chi connectivity index (χ1v) is 11.1. The number of ether oxygens (including phenoxy) is 1. The summed E-state index contributed by atoms with van der Waals surface area (Å²) in [5, 5.41) is 27.4. The van der Waals surface area contributed by atoms with Gasteiger partial charge >= 0.3 is 11.9 Å². The Kier molecular flexibility index (Phi) is 10.6. The maximum atomic E-state index is 11.9. The second kappa shape index (κ2) is 11.9. The zero-order chi connectivity index (χ0) is 17.9. The van der Waals surface area contributed by atoms with Crippen LogP contribution in [0.3, 0.4) is 0 Å². The van der Waals surface area contributed by atoms with Crippen molar-refractivity contribution in [1.82, 2.24) is 0 Å². The molecule has 0 amide bonds. The molecule has 24 heavy (non-hydrogen) atoms. The number of alkyl halides is 1. The van der Waals surface area contributed by atoms with E-state index in [9.17, 15) is 24.2 Å². The summed E-state index contributed by atoms with van der Waals surface area (Å²) in [7, 11) is 4.71. The number of hydrogen-bond acceptors (Lipinski definition) is 9. The van der Waals surface area contributed by atoms with E-state index in [1.54, 1.807) is 12.1 Å². The van der Waals surface area contributed by atoms with Crippen molar-refractivity contribution in [3.05, 3.63) is 23.3 Å². The highest BCUT2D eigenvalue weighted by atomic mass is 33.1. The van der Waals surface area contributed by atoms with Crippen LogP contribution in [0.25, 0.3) is 0 Å². The molecule has 0 aliphatic heterocycles. The Bertz CT molecular complexity index is 572. The summed E-state index contributed by atoms with van der Waals surface area (Å²) in [6.45, 7) is -1.68. The van der Waals surface area contributed by atoms with Crippen LogP contribution < -0.4 is 0 Å². The van der Waals surface area contributed by atoms with E-state index in [1.807, 2.05) is 0 Å². The van der Waals surface area contributed by atoms with E-state index in [1.165, 1.54) is 21.6 Å². The van der Waals surface area contributed by atoms with Gasteiger partial charge < -0.3 is 20.1 Å². The molecular formula is C13H15FO6S4. The van der Waals surface area contributed by atoms with Crippen molar-refractivity contribution in [3.63, 3.8) is 0 Å². The molecular weight excluding hydrogens is 399 g/mol. The van der Waals surface area contributed by atoms with Crippen molar-refractivity contribution in [2.24, 2.45) is 0 Å². The highest BCUT2D eigenvalue weighted by Gasteiger charge is 2.13. The Labute approximate surface area is 153 Å². The molecule has 134 valence electrons. The summed E-state index contributed by atoms with van der Waals surface area (Å²) in [6.07, 6.45) is 0. The molecule has 0 aliphatic carbocycles. The van der Waals surface area contributed by atoms with E-state index in [4.69, 9.17) is 5.11 Å². The summed E-state index contributed by atoms with van der Waals surface area (Å²) in [5.74, 6) is -1.78. The maximum Gasteiger partial charge on any atom is 0.319 e. The number of carboxylic acid groups (broad SMARTS) is 1. The third-order valence-electron chi connectivity index (χ3n) is 2.48. The first-order chi connectivity index (χ1) is 11.5. The molecule has 0 heterocycles. The number of halogens is 1. The minimum atomic E-state index is -1.17. The highest BCUT2D eigenvalue weighted by Crippen LogP contribution is 2.43. The maximum absolute atomic E-state index is 11.9. The van der Waals surface area contributed by atoms with Crippen LogP contribution in [0.4, 0.5) is 4.39 Å². The van der Waals surface area contributed by atoms with Crippen molar-refractivity contribution >= 4 is 55.1 Å². The lowest BCUT2D eigenvalue weighted by Gasteiger charge is -2.13. The topological polar surface area (TPSA) is 104 Å². The van der Waals surface area contributed by atoms with Crippen molar-refractivity contribution in [3.8, 4) is 0 Å². The Morgan fingerprint density at radius 3 is 1.92 bits per heavy atom. The number of carboxylic acids is 1. The average Bonchev–Trinajstić information content (AvgIpc) is 2.55. The Morgan fingerprint density at radius 2 is 1.50 bits per heavy atom. The number of esters is 1. The predicted molar refractivity (Wildman–Crippen MR) is 94.6 cm³/mol. The number of hydrogen-bond donors (Lipinski definition) is 3. The van der Waals surface area contributed by atoms with E-state index >= 15 is 0 Å². The van der Waals surface area contributed by atoms with Gasteiger partial charge in [-0.25, -0.2) is 4.39 Å². The molecule has 0 unspecified atom stereocenters. The lowest BCUT2D eigenvalue weighted by molar-refractivity contribution is -0.144. The zero-order valence-corrected chi connectivity index (χ0v) is 15.5. The van der Waals surface area contributed by atoms with Crippen LogP contribution >= 0.6 is 43.2 Å². The van der Waals surface area contributed by atoms with Gasteiger partial charge in [-0.15, -0.1) is 0 Å². The predicted octanol–water partition coefficient (Wildman–Crippen LogP) is 2.71. The Morgan fingerprint density at radius 1 is 1.00 bits per heavy atom. The van der Waals surface area contributed by atoms with E-state index in [2.05, 4.69) is 4.74 Å². The van der Waals surface area contributed by atoms with E-state index in [0.717, 1.165) is 21.6 Å². The number of aliphatic hydroxyl groups is 2. The molecule has 0 bridgehead atoms. The molecule has 0 fully saturated rings. The molecule has 6 nitrogen and oxygen atoms in total. The molecule has 1 rings (SSSR count). The Balaban J connectivity index is 2.84. The van der Waals surface area contributed by atoms with Gasteiger partial charge in [0.1, 0.15) is 11.5 Å². The number of carbonyl (C=O) groups excluding carboxylic acids is 1. The molecule has 0 radical (unpaired) electrons. The molecule has 1 aromatic carbocycles. The number of carbonyl (C=O) groups is 2. The quantitative estimate of drug-likeness (QED) is 0.370. The second-order valence-corrected chi connectivity index (χ2v) is 8.77. The number of rotatable bonds is 11. The Hall–Kier alpha value is -0.590. The van der Waals surface area contributed by atoms with E-state index in [0.29, 0.717) is 20.9 Å². The molecule has 0 atom stereocenters. The summed E-state index contributed by atoms with van der Waals surface area (Å²) in [5.41, 5.74) is 1.08. The molecule has 0 saturated carbocycles. The van der Waals surface area contributed by atoms with Crippen molar-refractivity contribution in [2.75, 3.05) is 18.4 Å². The van der Waals surface area contributed by atoms with Crippen molar-refractivity contribution < 1.29 is 34.0 Å². The molecule has 0 saturated heterocycles. The van der Waals surface area contributed by atoms with Crippen LogP contribution in [0, 0.1) is 0 Å². The van der Waals surface area contributed by atoms with E-state index in [-0.39, 0.29) is 24.7 Å². The van der Waals surface area contributed by atoms with Gasteiger partial charge in [0.15, 0.2) is 0 Å². The molecule has 0 aromatic heterocycles. The molecule has 1 aromatic rings. The van der Waals surface area contributed by atoms with Crippen LogP contribution in [0.2, 0.25) is 0 Å². The first kappa shape index (κ1) is 21.5. The van der Waals surface area contributed by atoms with Gasteiger partial charge in [-0.2, -0.15) is 0 Å². The number of benzene rings is 1. The first-order valence-electron chi connectivity index (χ1n) is 6.41. The van der Waals surface area contributed by atoms with Crippen LogP contribution in [0.15, 0.2) is 21.9 Å². The third kappa shape index (κ3) is 7.53. The standard InChI is InChI=1S/C13H15FO6S4/c14-7-20-13(19)6-22-24-11-2-9(4-16)8(3-15)1-10(11)23-21-5-12(17)18/h1-2,15-16H,3-7H2,(H,17,18). The minimum Gasteiger partial charge on any atom is -0.481 e. The van der Waals surface area contributed by atoms with Gasteiger partial charge in [-0.1, -0.05) is 43.2 Å². The lowest BCUT2D eigenvalue weighted by Crippen LogP contribution is -2.05. The van der Waals surface area contributed by atoms with Gasteiger partial charge in [0.05, 0.1) is 13.2 Å². The van der Waals surface area contributed by atoms with Crippen LogP contribution in [-0.4, -0.2) is 45.6 Å². The smallest absolute Gasteiger partial charge is 0.319 e. The van der Waals surface area contributed by atoms with Gasteiger partial charge in [-0.3, -0.25) is 9.59 Å². The van der Waals surface area contributed by atoms with Gasteiger partial charge in [-0.05, 0) is 23.3 Å². The summed E-state index contributed by atoms with van der Waals surface area (Å²) in [4.78, 5) is 23.2. The fourth-order valence-corrected chi connectivity index (χ4v) is 5.87. The van der Waals surface area contributed by atoms with Crippen LogP contribution in [-0.2, 0) is 27.5 Å². The number of aliphatic carboxylic acids is 1. The molecule has 11 heteroatoms. The zero-order valence-electron chi connectivity index (χ0n) is 12.3. The summed E-state index contributed by atoms with van der Waals surface area (Å²) < 4.78 is 16.1. The minimum absolute atomic E-state index is 0.0584. The molecule has 0 spiro atoms. The van der Waals surface area contributed by atoms with Crippen molar-refractivity contribution in [2.45, 2.75) is 23.0 Å². The summed E-state index contributed by atoms with van der Waals surface area (Å²) >= 11 is 0. The van der Waals surface area contributed by atoms with Crippen molar-refractivity contribution in [1.29, 1.82) is 0 Å².